The third-order valence-electron chi connectivity index (χ3n) is 2.98. The molecule has 0 fully saturated rings. The first kappa shape index (κ1) is 14.5. The fourth-order valence-electron chi connectivity index (χ4n) is 1.92. The van der Waals surface area contributed by atoms with Crippen molar-refractivity contribution in [3.63, 3.8) is 0 Å². The highest BCUT2D eigenvalue weighted by molar-refractivity contribution is 5.83. The Balaban J connectivity index is 2.95. The van der Waals surface area contributed by atoms with Crippen LogP contribution < -0.4 is 0 Å². The van der Waals surface area contributed by atoms with Gasteiger partial charge in [-0.25, -0.2) is 9.59 Å². The summed E-state index contributed by atoms with van der Waals surface area (Å²) in [6.45, 7) is 9.33. The van der Waals surface area contributed by atoms with Crippen LogP contribution in [-0.4, -0.2) is 40.3 Å². The molecule has 0 aliphatic carbocycles. The van der Waals surface area contributed by atoms with Crippen LogP contribution >= 0.6 is 0 Å². The number of aliphatic carboxylic acids is 1. The molecule has 0 saturated heterocycles. The van der Waals surface area contributed by atoms with Crippen LogP contribution in [0.2, 0.25) is 0 Å². The molecule has 1 aliphatic rings. The Morgan fingerprint density at radius 1 is 1.33 bits per heavy atom. The summed E-state index contributed by atoms with van der Waals surface area (Å²) in [4.78, 5) is 24.6. The van der Waals surface area contributed by atoms with Gasteiger partial charge in [0.2, 0.25) is 0 Å². The number of carbonyl (C=O) groups is 2. The van der Waals surface area contributed by atoms with Crippen molar-refractivity contribution >= 4 is 12.1 Å². The standard InChI is InChI=1S/C13H21NO4/c1-8-6-7-14(10(9(8)2)11(15)16)12(17)18-13(3,4)5/h10H,6-7H2,1-5H3,(H,15,16). The van der Waals surface area contributed by atoms with Crippen molar-refractivity contribution in [1.29, 1.82) is 0 Å². The number of amides is 1. The molecular weight excluding hydrogens is 234 g/mol. The number of nitrogens with zero attached hydrogens (tertiary/aromatic N) is 1. The van der Waals surface area contributed by atoms with E-state index in [2.05, 4.69) is 0 Å². The highest BCUT2D eigenvalue weighted by atomic mass is 16.6. The number of carboxylic acid groups (broad SMARTS) is 1. The molecule has 1 aliphatic heterocycles. The normalized spacial score (nSPS) is 20.9. The predicted molar refractivity (Wildman–Crippen MR) is 67.4 cm³/mol. The molecule has 18 heavy (non-hydrogen) atoms. The average molecular weight is 255 g/mol. The Morgan fingerprint density at radius 2 is 1.89 bits per heavy atom. The molecule has 1 N–H and O–H groups in total. The fourth-order valence-corrected chi connectivity index (χ4v) is 1.92. The lowest BCUT2D eigenvalue weighted by Gasteiger charge is -2.35. The van der Waals surface area contributed by atoms with Crippen LogP contribution in [0.5, 0.6) is 0 Å². The monoisotopic (exact) mass is 255 g/mol. The summed E-state index contributed by atoms with van der Waals surface area (Å²) in [6.07, 6.45) is 0.122. The SMILES string of the molecule is CC1=C(C)C(C(=O)O)N(C(=O)OC(C)(C)C)CC1. The quantitative estimate of drug-likeness (QED) is 0.731. The number of hydrogen-bond donors (Lipinski definition) is 1. The van der Waals surface area contributed by atoms with Crippen LogP contribution in [0.25, 0.3) is 0 Å². The molecule has 1 heterocycles. The fraction of sp³-hybridized carbons (Fsp3) is 0.692. The molecular formula is C13H21NO4. The van der Waals surface area contributed by atoms with Gasteiger partial charge in [0.25, 0.3) is 0 Å². The molecule has 0 aromatic carbocycles. The van der Waals surface area contributed by atoms with Crippen LogP contribution in [0.1, 0.15) is 41.0 Å². The summed E-state index contributed by atoms with van der Waals surface area (Å²) in [5, 5.41) is 9.26. The molecule has 5 heteroatoms. The highest BCUT2D eigenvalue weighted by Gasteiger charge is 2.36. The molecule has 1 rings (SSSR count). The Bertz CT molecular complexity index is 392. The zero-order chi connectivity index (χ0) is 14.1. The van der Waals surface area contributed by atoms with Gasteiger partial charge in [0, 0.05) is 6.54 Å². The lowest BCUT2D eigenvalue weighted by atomic mass is 9.95. The number of carbonyl (C=O) groups excluding carboxylic acids is 1. The molecule has 0 spiro atoms. The van der Waals surface area contributed by atoms with Gasteiger partial charge in [0.15, 0.2) is 6.04 Å². The summed E-state index contributed by atoms with van der Waals surface area (Å²) in [5.41, 5.74) is 1.13. The average Bonchev–Trinajstić information content (AvgIpc) is 2.18. The van der Waals surface area contributed by atoms with E-state index in [-0.39, 0.29) is 0 Å². The molecule has 0 radical (unpaired) electrons. The Kier molecular flexibility index (Phi) is 4.04. The van der Waals surface area contributed by atoms with Gasteiger partial charge in [-0.1, -0.05) is 5.57 Å². The summed E-state index contributed by atoms with van der Waals surface area (Å²) < 4.78 is 5.24. The first-order valence-corrected chi connectivity index (χ1v) is 6.02. The molecule has 0 bridgehead atoms. The molecule has 1 atom stereocenters. The van der Waals surface area contributed by atoms with E-state index in [1.165, 1.54) is 4.90 Å². The van der Waals surface area contributed by atoms with Gasteiger partial charge >= 0.3 is 12.1 Å². The lowest BCUT2D eigenvalue weighted by molar-refractivity contribution is -0.142. The van der Waals surface area contributed by atoms with Crippen molar-refractivity contribution in [3.8, 4) is 0 Å². The van der Waals surface area contributed by atoms with Gasteiger partial charge in [-0.3, -0.25) is 4.90 Å². The zero-order valence-corrected chi connectivity index (χ0v) is 11.6. The van der Waals surface area contributed by atoms with Crippen molar-refractivity contribution in [1.82, 2.24) is 4.90 Å². The maximum atomic E-state index is 12.0. The second-order valence-electron chi connectivity index (χ2n) is 5.63. The van der Waals surface area contributed by atoms with Crippen LogP contribution in [0.15, 0.2) is 11.1 Å². The van der Waals surface area contributed by atoms with E-state index in [0.717, 1.165) is 11.1 Å². The Labute approximate surface area is 107 Å². The molecule has 0 aromatic rings. The largest absolute Gasteiger partial charge is 0.479 e. The summed E-state index contributed by atoms with van der Waals surface area (Å²) in [5.74, 6) is -1.02. The number of hydrogen-bond acceptors (Lipinski definition) is 3. The minimum atomic E-state index is -1.02. The summed E-state index contributed by atoms with van der Waals surface area (Å²) >= 11 is 0. The van der Waals surface area contributed by atoms with E-state index in [1.807, 2.05) is 6.92 Å². The third-order valence-corrected chi connectivity index (χ3v) is 2.98. The van der Waals surface area contributed by atoms with Gasteiger partial charge in [-0.15, -0.1) is 0 Å². The topological polar surface area (TPSA) is 66.8 Å². The summed E-state index contributed by atoms with van der Waals surface area (Å²) in [7, 11) is 0. The first-order chi connectivity index (χ1) is 8.13. The maximum Gasteiger partial charge on any atom is 0.411 e. The first-order valence-electron chi connectivity index (χ1n) is 6.02. The van der Waals surface area contributed by atoms with E-state index in [9.17, 15) is 14.7 Å². The van der Waals surface area contributed by atoms with Gasteiger partial charge in [-0.2, -0.15) is 0 Å². The van der Waals surface area contributed by atoms with E-state index in [0.29, 0.717) is 13.0 Å². The van der Waals surface area contributed by atoms with Gasteiger partial charge in [-0.05, 0) is 46.6 Å². The van der Waals surface area contributed by atoms with Gasteiger partial charge in [0.1, 0.15) is 5.60 Å². The van der Waals surface area contributed by atoms with Crippen LogP contribution in [0, 0.1) is 0 Å². The van der Waals surface area contributed by atoms with Crippen molar-refractivity contribution in [2.75, 3.05) is 6.54 Å². The molecule has 102 valence electrons. The molecule has 5 nitrogen and oxygen atoms in total. The van der Waals surface area contributed by atoms with E-state index in [1.54, 1.807) is 27.7 Å². The summed E-state index contributed by atoms with van der Waals surface area (Å²) in [6, 6.07) is -0.909. The lowest BCUT2D eigenvalue weighted by Crippen LogP contribution is -2.50. The number of rotatable bonds is 1. The Hall–Kier alpha value is -1.52. The van der Waals surface area contributed by atoms with Crippen LogP contribution in [0.3, 0.4) is 0 Å². The minimum Gasteiger partial charge on any atom is -0.479 e. The van der Waals surface area contributed by atoms with E-state index >= 15 is 0 Å². The predicted octanol–water partition coefficient (Wildman–Crippen LogP) is 2.42. The maximum absolute atomic E-state index is 12.0. The molecule has 0 saturated carbocycles. The van der Waals surface area contributed by atoms with Gasteiger partial charge in [0.05, 0.1) is 0 Å². The van der Waals surface area contributed by atoms with Crippen LogP contribution in [0.4, 0.5) is 4.79 Å². The number of carboxylic acids is 1. The van der Waals surface area contributed by atoms with E-state index in [4.69, 9.17) is 4.74 Å². The second kappa shape index (κ2) is 5.00. The molecule has 1 unspecified atom stereocenters. The van der Waals surface area contributed by atoms with Crippen molar-refractivity contribution < 1.29 is 19.4 Å². The highest BCUT2D eigenvalue weighted by Crippen LogP contribution is 2.25. The van der Waals surface area contributed by atoms with Crippen molar-refractivity contribution in [2.45, 2.75) is 52.7 Å². The zero-order valence-electron chi connectivity index (χ0n) is 11.6. The Morgan fingerprint density at radius 3 is 2.33 bits per heavy atom. The minimum absolute atomic E-state index is 0.384. The molecule has 1 amide bonds. The van der Waals surface area contributed by atoms with Crippen LogP contribution in [-0.2, 0) is 9.53 Å². The number of ether oxygens (including phenoxy) is 1. The van der Waals surface area contributed by atoms with E-state index < -0.39 is 23.7 Å². The third kappa shape index (κ3) is 3.24. The molecule has 0 aromatic heterocycles. The van der Waals surface area contributed by atoms with Gasteiger partial charge < -0.3 is 9.84 Å². The van der Waals surface area contributed by atoms with Crippen molar-refractivity contribution in [2.24, 2.45) is 0 Å². The smallest absolute Gasteiger partial charge is 0.411 e. The second-order valence-corrected chi connectivity index (χ2v) is 5.63. The van der Waals surface area contributed by atoms with Crippen molar-refractivity contribution in [3.05, 3.63) is 11.1 Å².